The number of nitriles is 1. The van der Waals surface area contributed by atoms with Crippen LogP contribution in [0.2, 0.25) is 0 Å². The number of para-hydroxylation sites is 1. The second-order valence-corrected chi connectivity index (χ2v) is 5.52. The molecule has 2 aromatic carbocycles. The van der Waals surface area contributed by atoms with Crippen molar-refractivity contribution >= 4 is 17.3 Å². The molecule has 25 heavy (non-hydrogen) atoms. The van der Waals surface area contributed by atoms with Gasteiger partial charge < -0.3 is 9.47 Å². The smallest absolute Gasteiger partial charge is 0.269 e. The Hall–Kier alpha value is -3.33. The molecule has 0 aromatic heterocycles. The maximum atomic E-state index is 10.8. The molecule has 0 saturated heterocycles. The zero-order chi connectivity index (χ0) is 18.4. The van der Waals surface area contributed by atoms with Gasteiger partial charge in [-0.3, -0.25) is 10.1 Å². The van der Waals surface area contributed by atoms with Gasteiger partial charge in [0.2, 0.25) is 0 Å². The second kappa shape index (κ2) is 7.97. The highest BCUT2D eigenvalue weighted by Gasteiger charge is 2.13. The summed E-state index contributed by atoms with van der Waals surface area (Å²) in [5, 5.41) is 20.3. The molecular weight excluding hydrogens is 320 g/mol. The van der Waals surface area contributed by atoms with Crippen molar-refractivity contribution in [2.24, 2.45) is 0 Å². The van der Waals surface area contributed by atoms with Gasteiger partial charge in [0, 0.05) is 17.7 Å². The Morgan fingerprint density at radius 3 is 2.44 bits per heavy atom. The van der Waals surface area contributed by atoms with E-state index in [1.54, 1.807) is 31.4 Å². The van der Waals surface area contributed by atoms with Gasteiger partial charge in [-0.05, 0) is 43.7 Å². The summed E-state index contributed by atoms with van der Waals surface area (Å²) in [6.07, 6.45) is 1.62. The summed E-state index contributed by atoms with van der Waals surface area (Å²) in [5.41, 5.74) is 1.64. The van der Waals surface area contributed by atoms with Crippen LogP contribution in [-0.4, -0.2) is 18.1 Å². The number of nitrogens with zero attached hydrogens (tertiary/aromatic N) is 2. The summed E-state index contributed by atoms with van der Waals surface area (Å²) in [6, 6.07) is 13.4. The number of allylic oxidation sites excluding steroid dienone is 1. The molecular formula is C19H18N2O4. The van der Waals surface area contributed by atoms with E-state index in [0.717, 1.165) is 0 Å². The Bertz CT molecular complexity index is 833. The van der Waals surface area contributed by atoms with Crippen LogP contribution in [0.5, 0.6) is 11.5 Å². The van der Waals surface area contributed by atoms with Crippen LogP contribution in [0.15, 0.2) is 42.5 Å². The van der Waals surface area contributed by atoms with Crippen molar-refractivity contribution in [3.8, 4) is 17.6 Å². The molecule has 0 radical (unpaired) electrons. The third-order valence-corrected chi connectivity index (χ3v) is 3.39. The van der Waals surface area contributed by atoms with E-state index in [9.17, 15) is 15.4 Å². The Morgan fingerprint density at radius 2 is 1.92 bits per heavy atom. The average molecular weight is 338 g/mol. The number of hydrogen-bond acceptors (Lipinski definition) is 5. The highest BCUT2D eigenvalue weighted by molar-refractivity contribution is 5.91. The van der Waals surface area contributed by atoms with Crippen LogP contribution >= 0.6 is 0 Å². The van der Waals surface area contributed by atoms with E-state index in [-0.39, 0.29) is 11.8 Å². The van der Waals surface area contributed by atoms with Crippen LogP contribution in [0.25, 0.3) is 11.6 Å². The first-order valence-electron chi connectivity index (χ1n) is 7.66. The summed E-state index contributed by atoms with van der Waals surface area (Å²) in [5.74, 6) is 1.12. The molecule has 0 fully saturated rings. The minimum Gasteiger partial charge on any atom is -0.493 e. The number of hydrogen-bond donors (Lipinski definition) is 0. The van der Waals surface area contributed by atoms with Gasteiger partial charge in [0.15, 0.2) is 11.5 Å². The molecule has 0 aliphatic rings. The number of non-ortho nitro benzene ring substituents is 1. The molecule has 0 unspecified atom stereocenters. The zero-order valence-corrected chi connectivity index (χ0v) is 14.2. The minimum atomic E-state index is -0.476. The molecule has 0 spiro atoms. The van der Waals surface area contributed by atoms with E-state index in [4.69, 9.17) is 9.47 Å². The molecule has 0 aliphatic carbocycles. The van der Waals surface area contributed by atoms with Crippen LogP contribution in [0.1, 0.15) is 25.0 Å². The highest BCUT2D eigenvalue weighted by Crippen LogP contribution is 2.34. The van der Waals surface area contributed by atoms with Crippen molar-refractivity contribution in [3.05, 3.63) is 63.7 Å². The quantitative estimate of drug-likeness (QED) is 0.336. The van der Waals surface area contributed by atoms with Crippen molar-refractivity contribution in [2.75, 3.05) is 7.11 Å². The average Bonchev–Trinajstić information content (AvgIpc) is 2.60. The molecule has 2 rings (SSSR count). The van der Waals surface area contributed by atoms with Crippen molar-refractivity contribution in [1.29, 1.82) is 5.26 Å². The minimum absolute atomic E-state index is 0.0220. The lowest BCUT2D eigenvalue weighted by atomic mass is 10.0. The molecule has 2 aromatic rings. The predicted molar refractivity (Wildman–Crippen MR) is 95.3 cm³/mol. The topological polar surface area (TPSA) is 85.4 Å². The number of nitro groups is 1. The number of benzene rings is 2. The second-order valence-electron chi connectivity index (χ2n) is 5.52. The lowest BCUT2D eigenvalue weighted by Gasteiger charge is -2.16. The van der Waals surface area contributed by atoms with Gasteiger partial charge in [-0.2, -0.15) is 5.26 Å². The summed E-state index contributed by atoms with van der Waals surface area (Å²) < 4.78 is 11.2. The summed E-state index contributed by atoms with van der Waals surface area (Å²) in [6.45, 7) is 3.81. The fourth-order valence-electron chi connectivity index (χ4n) is 2.27. The number of nitro benzene ring substituents is 1. The Labute approximate surface area is 146 Å². The van der Waals surface area contributed by atoms with E-state index in [1.165, 1.54) is 12.1 Å². The van der Waals surface area contributed by atoms with Crippen LogP contribution in [0.4, 0.5) is 5.69 Å². The maximum Gasteiger partial charge on any atom is 0.269 e. The first-order valence-corrected chi connectivity index (χ1v) is 7.66. The van der Waals surface area contributed by atoms with Crippen molar-refractivity contribution < 1.29 is 14.4 Å². The van der Waals surface area contributed by atoms with Gasteiger partial charge >= 0.3 is 0 Å². The normalized spacial score (nSPS) is 11.1. The van der Waals surface area contributed by atoms with Crippen molar-refractivity contribution in [2.45, 2.75) is 20.0 Å². The molecule has 6 nitrogen and oxygen atoms in total. The summed E-state index contributed by atoms with van der Waals surface area (Å²) in [7, 11) is 1.55. The lowest BCUT2D eigenvalue weighted by molar-refractivity contribution is -0.384. The van der Waals surface area contributed by atoms with Gasteiger partial charge in [-0.15, -0.1) is 0 Å². The lowest BCUT2D eigenvalue weighted by Crippen LogP contribution is -2.08. The van der Waals surface area contributed by atoms with Gasteiger partial charge in [-0.1, -0.05) is 12.1 Å². The van der Waals surface area contributed by atoms with Crippen LogP contribution in [0.3, 0.4) is 0 Å². The summed E-state index contributed by atoms with van der Waals surface area (Å²) >= 11 is 0. The van der Waals surface area contributed by atoms with Gasteiger partial charge in [-0.25, -0.2) is 0 Å². The van der Waals surface area contributed by atoms with Crippen LogP contribution in [0, 0.1) is 21.4 Å². The highest BCUT2D eigenvalue weighted by atomic mass is 16.6. The standard InChI is InChI=1S/C19H18N2O4/c1-13(2)25-19-15(5-4-6-18(19)24-3)11-16(12-20)14-7-9-17(10-8-14)21(22)23/h4-11,13H,1-3H3/b16-11-. The number of rotatable bonds is 6. The largest absolute Gasteiger partial charge is 0.493 e. The predicted octanol–water partition coefficient (Wildman–Crippen LogP) is 4.45. The zero-order valence-electron chi connectivity index (χ0n) is 14.2. The maximum absolute atomic E-state index is 10.8. The van der Waals surface area contributed by atoms with E-state index in [1.807, 2.05) is 26.0 Å². The van der Waals surface area contributed by atoms with Gasteiger partial charge in [0.1, 0.15) is 0 Å². The number of ether oxygens (including phenoxy) is 2. The Morgan fingerprint density at radius 1 is 1.24 bits per heavy atom. The van der Waals surface area contributed by atoms with Gasteiger partial charge in [0.25, 0.3) is 5.69 Å². The molecule has 0 heterocycles. The fourth-order valence-corrected chi connectivity index (χ4v) is 2.27. The molecule has 0 saturated carbocycles. The molecule has 0 N–H and O–H groups in total. The van der Waals surface area contributed by atoms with Crippen LogP contribution in [-0.2, 0) is 0 Å². The fraction of sp³-hybridized carbons (Fsp3) is 0.211. The monoisotopic (exact) mass is 338 g/mol. The van der Waals surface area contributed by atoms with Gasteiger partial charge in [0.05, 0.1) is 29.8 Å². The Kier molecular flexibility index (Phi) is 5.75. The Balaban J connectivity index is 2.49. The molecule has 0 atom stereocenters. The molecule has 0 amide bonds. The van der Waals surface area contributed by atoms with E-state index < -0.39 is 4.92 Å². The molecule has 128 valence electrons. The molecule has 0 bridgehead atoms. The third kappa shape index (κ3) is 4.36. The SMILES string of the molecule is COc1cccc(/C=C(/C#N)c2ccc([N+](=O)[O-])cc2)c1OC(C)C. The van der Waals surface area contributed by atoms with Crippen molar-refractivity contribution in [3.63, 3.8) is 0 Å². The summed E-state index contributed by atoms with van der Waals surface area (Å²) in [4.78, 5) is 10.3. The number of methoxy groups -OCH3 is 1. The molecule has 6 heteroatoms. The van der Waals surface area contributed by atoms with Crippen molar-refractivity contribution in [1.82, 2.24) is 0 Å². The van der Waals surface area contributed by atoms with E-state index >= 15 is 0 Å². The first kappa shape index (κ1) is 18.0. The molecule has 0 aliphatic heterocycles. The first-order chi connectivity index (χ1) is 12.0. The third-order valence-electron chi connectivity index (χ3n) is 3.39. The van der Waals surface area contributed by atoms with Crippen LogP contribution < -0.4 is 9.47 Å². The van der Waals surface area contributed by atoms with E-state index in [2.05, 4.69) is 6.07 Å². The van der Waals surface area contributed by atoms with E-state index in [0.29, 0.717) is 28.2 Å².